The highest BCUT2D eigenvalue weighted by Crippen LogP contribution is 2.27. The van der Waals surface area contributed by atoms with Gasteiger partial charge in [-0.2, -0.15) is 0 Å². The number of rotatable bonds is 7. The number of amides is 1. The van der Waals surface area contributed by atoms with Crippen LogP contribution in [0.1, 0.15) is 40.0 Å². The summed E-state index contributed by atoms with van der Waals surface area (Å²) in [5.41, 5.74) is 3.34. The molecule has 6 nitrogen and oxygen atoms in total. The van der Waals surface area contributed by atoms with Gasteiger partial charge in [0.25, 0.3) is 15.9 Å². The van der Waals surface area contributed by atoms with Crippen molar-refractivity contribution >= 4 is 33.2 Å². The molecule has 0 aromatic heterocycles. The summed E-state index contributed by atoms with van der Waals surface area (Å²) in [6, 6.07) is 16.6. The second-order valence-corrected chi connectivity index (χ2v) is 9.60. The maximum absolute atomic E-state index is 13.0. The molecule has 168 valence electrons. The van der Waals surface area contributed by atoms with E-state index in [4.69, 9.17) is 16.3 Å². The molecular weight excluding hydrogens is 448 g/mol. The second kappa shape index (κ2) is 9.63. The van der Waals surface area contributed by atoms with E-state index in [0.717, 1.165) is 22.4 Å². The Morgan fingerprint density at radius 2 is 1.69 bits per heavy atom. The van der Waals surface area contributed by atoms with E-state index >= 15 is 0 Å². The molecule has 1 amide bonds. The molecule has 0 spiro atoms. The van der Waals surface area contributed by atoms with Crippen LogP contribution in [0.25, 0.3) is 0 Å². The van der Waals surface area contributed by atoms with Crippen LogP contribution in [-0.2, 0) is 10.0 Å². The second-order valence-electron chi connectivity index (χ2n) is 7.54. The Hall–Kier alpha value is -3.03. The summed E-state index contributed by atoms with van der Waals surface area (Å²) in [5, 5.41) is 2.90. The number of carbonyl (C=O) groups excluding carboxylic acids is 1. The van der Waals surface area contributed by atoms with Crippen molar-refractivity contribution < 1.29 is 17.9 Å². The molecule has 0 fully saturated rings. The van der Waals surface area contributed by atoms with E-state index in [9.17, 15) is 13.2 Å². The highest BCUT2D eigenvalue weighted by molar-refractivity contribution is 7.92. The van der Waals surface area contributed by atoms with E-state index in [-0.39, 0.29) is 21.5 Å². The van der Waals surface area contributed by atoms with Gasteiger partial charge in [0.15, 0.2) is 0 Å². The van der Waals surface area contributed by atoms with Crippen molar-refractivity contribution in [2.24, 2.45) is 0 Å². The number of anilines is 1. The lowest BCUT2D eigenvalue weighted by atomic mass is 10.1. The van der Waals surface area contributed by atoms with Gasteiger partial charge >= 0.3 is 0 Å². The normalized spacial score (nSPS) is 12.2. The molecule has 3 aromatic carbocycles. The Bertz CT molecular complexity index is 1240. The van der Waals surface area contributed by atoms with E-state index in [1.54, 1.807) is 13.2 Å². The summed E-state index contributed by atoms with van der Waals surface area (Å²) >= 11 is 6.18. The standard InChI is InChI=1S/C24H25ClN2O4S/c1-15-5-12-22(16(2)13-15)27-32(29,30)23-14-19(8-11-21(23)25)24(28)26-17(3)18-6-9-20(31-4)10-7-18/h5-14,17,27H,1-4H3,(H,26,28)/t17-/m1/s1. The van der Waals surface area contributed by atoms with Crippen LogP contribution < -0.4 is 14.8 Å². The average Bonchev–Trinajstić information content (AvgIpc) is 2.75. The topological polar surface area (TPSA) is 84.5 Å². The quantitative estimate of drug-likeness (QED) is 0.491. The summed E-state index contributed by atoms with van der Waals surface area (Å²) in [6.07, 6.45) is 0. The molecule has 8 heteroatoms. The van der Waals surface area contributed by atoms with Gasteiger partial charge < -0.3 is 10.1 Å². The first-order chi connectivity index (χ1) is 15.1. The van der Waals surface area contributed by atoms with Crippen molar-refractivity contribution in [2.45, 2.75) is 31.7 Å². The molecule has 1 atom stereocenters. The predicted molar refractivity (Wildman–Crippen MR) is 127 cm³/mol. The third kappa shape index (κ3) is 5.41. The molecule has 2 N–H and O–H groups in total. The monoisotopic (exact) mass is 472 g/mol. The van der Waals surface area contributed by atoms with E-state index in [2.05, 4.69) is 10.0 Å². The summed E-state index contributed by atoms with van der Waals surface area (Å²) in [5.74, 6) is 0.309. The molecule has 32 heavy (non-hydrogen) atoms. The molecule has 0 saturated carbocycles. The van der Waals surface area contributed by atoms with Gasteiger partial charge in [-0.25, -0.2) is 8.42 Å². The van der Waals surface area contributed by atoms with E-state index in [1.807, 2.05) is 57.2 Å². The average molecular weight is 473 g/mol. The number of carbonyl (C=O) groups is 1. The number of nitrogens with one attached hydrogen (secondary N) is 2. The van der Waals surface area contributed by atoms with Crippen LogP contribution in [0.3, 0.4) is 0 Å². The summed E-state index contributed by atoms with van der Waals surface area (Å²) in [7, 11) is -2.41. The first-order valence-electron chi connectivity index (χ1n) is 9.95. The summed E-state index contributed by atoms with van der Waals surface area (Å²) < 4.78 is 33.7. The molecular formula is C24H25ClN2O4S. The van der Waals surface area contributed by atoms with E-state index in [0.29, 0.717) is 5.69 Å². The van der Waals surface area contributed by atoms with Gasteiger partial charge in [-0.1, -0.05) is 41.4 Å². The Morgan fingerprint density at radius 1 is 1.00 bits per heavy atom. The molecule has 0 radical (unpaired) electrons. The van der Waals surface area contributed by atoms with Crippen LogP contribution in [0.2, 0.25) is 5.02 Å². The minimum absolute atomic E-state index is 0.0296. The van der Waals surface area contributed by atoms with Crippen LogP contribution in [-0.4, -0.2) is 21.4 Å². The lowest BCUT2D eigenvalue weighted by molar-refractivity contribution is 0.0939. The van der Waals surface area contributed by atoms with Crippen molar-refractivity contribution in [3.63, 3.8) is 0 Å². The fraction of sp³-hybridized carbons (Fsp3) is 0.208. The maximum atomic E-state index is 13.0. The highest BCUT2D eigenvalue weighted by Gasteiger charge is 2.22. The maximum Gasteiger partial charge on any atom is 0.263 e. The number of halogens is 1. The van der Waals surface area contributed by atoms with Crippen molar-refractivity contribution in [1.82, 2.24) is 5.32 Å². The minimum atomic E-state index is -4.00. The Kier molecular flexibility index (Phi) is 7.11. The molecule has 0 heterocycles. The number of aryl methyl sites for hydroxylation is 2. The zero-order valence-corrected chi connectivity index (χ0v) is 19.8. The summed E-state index contributed by atoms with van der Waals surface area (Å²) in [6.45, 7) is 5.59. The summed E-state index contributed by atoms with van der Waals surface area (Å²) in [4.78, 5) is 12.6. The van der Waals surface area contributed by atoms with Crippen molar-refractivity contribution in [3.8, 4) is 5.75 Å². The molecule has 0 bridgehead atoms. The van der Waals surface area contributed by atoms with Crippen molar-refractivity contribution in [1.29, 1.82) is 0 Å². The van der Waals surface area contributed by atoms with E-state index in [1.165, 1.54) is 18.2 Å². The van der Waals surface area contributed by atoms with Gasteiger partial charge in [0, 0.05) is 5.56 Å². The van der Waals surface area contributed by atoms with Crippen molar-refractivity contribution in [3.05, 3.63) is 87.9 Å². The molecule has 0 aliphatic carbocycles. The SMILES string of the molecule is COc1ccc([C@@H](C)NC(=O)c2ccc(Cl)c(S(=O)(=O)Nc3ccc(C)cc3C)c2)cc1. The number of hydrogen-bond acceptors (Lipinski definition) is 4. The van der Waals surface area contributed by atoms with E-state index < -0.39 is 15.9 Å². The van der Waals surface area contributed by atoms with Gasteiger partial charge in [0.05, 0.1) is 23.9 Å². The molecule has 3 aromatic rings. The highest BCUT2D eigenvalue weighted by atomic mass is 35.5. The zero-order valence-electron chi connectivity index (χ0n) is 18.3. The lowest BCUT2D eigenvalue weighted by Crippen LogP contribution is -2.27. The number of benzene rings is 3. The number of hydrogen-bond donors (Lipinski definition) is 2. The van der Waals surface area contributed by atoms with Gasteiger partial charge in [-0.3, -0.25) is 9.52 Å². The van der Waals surface area contributed by atoms with Crippen LogP contribution in [0.4, 0.5) is 5.69 Å². The predicted octanol–water partition coefficient (Wildman–Crippen LogP) is 5.26. The number of sulfonamides is 1. The molecule has 0 aliphatic heterocycles. The zero-order chi connectivity index (χ0) is 23.5. The third-order valence-corrected chi connectivity index (χ3v) is 6.92. The minimum Gasteiger partial charge on any atom is -0.497 e. The van der Waals surface area contributed by atoms with Gasteiger partial charge in [0.1, 0.15) is 10.6 Å². The van der Waals surface area contributed by atoms with Gasteiger partial charge in [-0.05, 0) is 68.3 Å². The van der Waals surface area contributed by atoms with Crippen LogP contribution in [0.15, 0.2) is 65.6 Å². The van der Waals surface area contributed by atoms with Crippen molar-refractivity contribution in [2.75, 3.05) is 11.8 Å². The fourth-order valence-electron chi connectivity index (χ4n) is 3.23. The molecule has 3 rings (SSSR count). The Morgan fingerprint density at radius 3 is 2.31 bits per heavy atom. The van der Waals surface area contributed by atoms with Gasteiger partial charge in [0.2, 0.25) is 0 Å². The smallest absolute Gasteiger partial charge is 0.263 e. The van der Waals surface area contributed by atoms with Crippen LogP contribution in [0, 0.1) is 13.8 Å². The lowest BCUT2D eigenvalue weighted by Gasteiger charge is -2.16. The van der Waals surface area contributed by atoms with Gasteiger partial charge in [-0.15, -0.1) is 0 Å². The molecule has 0 saturated heterocycles. The first-order valence-corrected chi connectivity index (χ1v) is 11.8. The Labute approximate surface area is 193 Å². The number of methoxy groups -OCH3 is 1. The Balaban J connectivity index is 1.82. The number of ether oxygens (including phenoxy) is 1. The molecule has 0 unspecified atom stereocenters. The third-order valence-electron chi connectivity index (χ3n) is 5.07. The largest absolute Gasteiger partial charge is 0.497 e. The van der Waals surface area contributed by atoms with Crippen LogP contribution >= 0.6 is 11.6 Å². The first kappa shape index (κ1) is 23.6. The molecule has 0 aliphatic rings. The fourth-order valence-corrected chi connectivity index (χ4v) is 4.89. The van der Waals surface area contributed by atoms with Crippen LogP contribution in [0.5, 0.6) is 5.75 Å².